The Morgan fingerprint density at radius 3 is 2.55 bits per heavy atom. The summed E-state index contributed by atoms with van der Waals surface area (Å²) < 4.78 is 18.4. The smallest absolute Gasteiger partial charge is 0.246 e. The van der Waals surface area contributed by atoms with Crippen LogP contribution in [-0.4, -0.2) is 13.0 Å². The number of carbonyl (C=O) groups is 1. The van der Waals surface area contributed by atoms with E-state index in [0.29, 0.717) is 11.5 Å². The monoisotopic (exact) mass is 272 g/mol. The molecule has 0 radical (unpaired) electrons. The van der Waals surface area contributed by atoms with Crippen molar-refractivity contribution in [3.63, 3.8) is 0 Å². The summed E-state index contributed by atoms with van der Waals surface area (Å²) in [7, 11) is 1.74. The predicted octanol–water partition coefficient (Wildman–Crippen LogP) is 2.83. The summed E-state index contributed by atoms with van der Waals surface area (Å²) >= 11 is 0. The average Bonchev–Trinajstić information content (AvgIpc) is 2.76. The molecule has 1 aliphatic heterocycles. The Morgan fingerprint density at radius 1 is 1.15 bits per heavy atom. The van der Waals surface area contributed by atoms with E-state index in [4.69, 9.17) is 4.74 Å². The van der Waals surface area contributed by atoms with E-state index in [9.17, 15) is 9.18 Å². The molecule has 1 unspecified atom stereocenters. The Labute approximate surface area is 115 Å². The number of benzene rings is 2. The highest BCUT2D eigenvalue weighted by molar-refractivity contribution is 6.02. The van der Waals surface area contributed by atoms with E-state index in [1.54, 1.807) is 31.3 Å². The first-order valence-corrected chi connectivity index (χ1v) is 6.23. The van der Waals surface area contributed by atoms with Crippen molar-refractivity contribution in [2.75, 3.05) is 12.4 Å². The van der Waals surface area contributed by atoms with Gasteiger partial charge in [-0.1, -0.05) is 6.07 Å². The number of rotatable bonds is 3. The third-order valence-electron chi connectivity index (χ3n) is 3.19. The number of anilines is 1. The molecule has 2 aromatic carbocycles. The highest BCUT2D eigenvalue weighted by Gasteiger charge is 2.29. The maximum Gasteiger partial charge on any atom is 0.246 e. The molecule has 3 rings (SSSR count). The lowest BCUT2D eigenvalue weighted by Gasteiger charge is -2.09. The van der Waals surface area contributed by atoms with Gasteiger partial charge in [-0.05, 0) is 37.4 Å². The first-order valence-electron chi connectivity index (χ1n) is 6.23. The molecule has 0 spiro atoms. The molecule has 0 aromatic heterocycles. The number of likely N-dealkylation sites (N-methyl/N-ethyl adjacent to an activating group) is 1. The summed E-state index contributed by atoms with van der Waals surface area (Å²) in [5, 5.41) is 5.74. The lowest BCUT2D eigenvalue weighted by molar-refractivity contribution is -0.117. The minimum atomic E-state index is -0.329. The van der Waals surface area contributed by atoms with E-state index < -0.39 is 0 Å². The van der Waals surface area contributed by atoms with Crippen LogP contribution in [0, 0.1) is 5.82 Å². The molecule has 0 saturated carbocycles. The number of hydrogen-bond acceptors (Lipinski definition) is 3. The molecule has 2 aromatic rings. The first kappa shape index (κ1) is 12.6. The summed E-state index contributed by atoms with van der Waals surface area (Å²) in [6, 6.07) is 10.8. The number of hydrogen-bond donors (Lipinski definition) is 2. The second-order valence-corrected chi connectivity index (χ2v) is 4.52. The lowest BCUT2D eigenvalue weighted by Crippen LogP contribution is -2.23. The van der Waals surface area contributed by atoms with Gasteiger partial charge in [-0.15, -0.1) is 0 Å². The van der Waals surface area contributed by atoms with E-state index in [1.807, 2.05) is 6.07 Å². The van der Waals surface area contributed by atoms with Gasteiger partial charge in [0.25, 0.3) is 0 Å². The van der Waals surface area contributed by atoms with Gasteiger partial charge in [-0.3, -0.25) is 4.79 Å². The molecule has 1 atom stereocenters. The van der Waals surface area contributed by atoms with Gasteiger partial charge in [0, 0.05) is 17.3 Å². The van der Waals surface area contributed by atoms with Crippen LogP contribution in [0.5, 0.6) is 11.5 Å². The van der Waals surface area contributed by atoms with Gasteiger partial charge in [0.05, 0.1) is 0 Å². The molecule has 1 aliphatic rings. The van der Waals surface area contributed by atoms with Crippen molar-refractivity contribution >= 4 is 11.6 Å². The maximum absolute atomic E-state index is 12.8. The van der Waals surface area contributed by atoms with E-state index in [-0.39, 0.29) is 17.8 Å². The molecule has 5 heteroatoms. The lowest BCUT2D eigenvalue weighted by atomic mass is 10.1. The molecule has 20 heavy (non-hydrogen) atoms. The molecule has 1 amide bonds. The van der Waals surface area contributed by atoms with Gasteiger partial charge in [0.2, 0.25) is 5.91 Å². The molecular weight excluding hydrogens is 259 g/mol. The fourth-order valence-corrected chi connectivity index (χ4v) is 2.23. The molecule has 0 aliphatic carbocycles. The third-order valence-corrected chi connectivity index (χ3v) is 3.19. The Morgan fingerprint density at radius 2 is 1.85 bits per heavy atom. The van der Waals surface area contributed by atoms with E-state index in [1.165, 1.54) is 12.1 Å². The molecule has 0 saturated heterocycles. The number of fused-ring (bicyclic) bond motifs is 1. The van der Waals surface area contributed by atoms with E-state index >= 15 is 0 Å². The molecule has 0 bridgehead atoms. The minimum absolute atomic E-state index is 0.0820. The zero-order valence-electron chi connectivity index (χ0n) is 10.8. The van der Waals surface area contributed by atoms with Crippen molar-refractivity contribution in [3.8, 4) is 11.5 Å². The van der Waals surface area contributed by atoms with Crippen molar-refractivity contribution in [1.82, 2.24) is 5.32 Å². The summed E-state index contributed by atoms with van der Waals surface area (Å²) in [5.41, 5.74) is 1.62. The molecular formula is C15H13FN2O2. The van der Waals surface area contributed by atoms with Crippen molar-refractivity contribution in [2.24, 2.45) is 0 Å². The van der Waals surface area contributed by atoms with E-state index in [0.717, 1.165) is 11.3 Å². The van der Waals surface area contributed by atoms with Crippen LogP contribution in [0.25, 0.3) is 0 Å². The Bertz CT molecular complexity index is 655. The van der Waals surface area contributed by atoms with Gasteiger partial charge in [-0.25, -0.2) is 4.39 Å². The SMILES string of the molecule is CNC1C(=O)Nc2cc(Oc3ccc(F)cc3)ccc21. The number of halogens is 1. The number of nitrogens with one attached hydrogen (secondary N) is 2. The van der Waals surface area contributed by atoms with Crippen molar-refractivity contribution in [1.29, 1.82) is 0 Å². The zero-order chi connectivity index (χ0) is 14.1. The topological polar surface area (TPSA) is 50.4 Å². The molecule has 1 heterocycles. The highest BCUT2D eigenvalue weighted by atomic mass is 19.1. The summed E-state index contributed by atoms with van der Waals surface area (Å²) in [4.78, 5) is 11.7. The Hall–Kier alpha value is -2.40. The molecule has 102 valence electrons. The fourth-order valence-electron chi connectivity index (χ4n) is 2.23. The number of ether oxygens (including phenoxy) is 1. The van der Waals surface area contributed by atoms with Crippen molar-refractivity contribution in [3.05, 3.63) is 53.8 Å². The summed E-state index contributed by atoms with van der Waals surface area (Å²) in [5.74, 6) is 0.741. The van der Waals surface area contributed by atoms with Crippen molar-refractivity contribution in [2.45, 2.75) is 6.04 Å². The molecule has 2 N–H and O–H groups in total. The van der Waals surface area contributed by atoms with Crippen LogP contribution in [0.3, 0.4) is 0 Å². The van der Waals surface area contributed by atoms with Crippen LogP contribution in [0.15, 0.2) is 42.5 Å². The standard InChI is InChI=1S/C15H13FN2O2/c1-17-14-12-7-6-11(8-13(12)18-15(14)19)20-10-4-2-9(16)3-5-10/h2-8,14,17H,1H3,(H,18,19). The fraction of sp³-hybridized carbons (Fsp3) is 0.133. The normalized spacial score (nSPS) is 16.7. The highest BCUT2D eigenvalue weighted by Crippen LogP contribution is 2.34. The molecule has 0 fully saturated rings. The number of amides is 1. The summed E-state index contributed by atoms with van der Waals surface area (Å²) in [6.07, 6.45) is 0. The van der Waals surface area contributed by atoms with E-state index in [2.05, 4.69) is 10.6 Å². The van der Waals surface area contributed by atoms with Crippen molar-refractivity contribution < 1.29 is 13.9 Å². The van der Waals surface area contributed by atoms with Gasteiger partial charge < -0.3 is 15.4 Å². The second kappa shape index (κ2) is 4.94. The Balaban J connectivity index is 1.85. The maximum atomic E-state index is 12.8. The number of carbonyl (C=O) groups excluding carboxylic acids is 1. The average molecular weight is 272 g/mol. The minimum Gasteiger partial charge on any atom is -0.457 e. The zero-order valence-corrected chi connectivity index (χ0v) is 10.8. The second-order valence-electron chi connectivity index (χ2n) is 4.52. The van der Waals surface area contributed by atoms with Crippen LogP contribution >= 0.6 is 0 Å². The molecule has 4 nitrogen and oxygen atoms in total. The summed E-state index contributed by atoms with van der Waals surface area (Å²) in [6.45, 7) is 0. The third kappa shape index (κ3) is 2.23. The van der Waals surface area contributed by atoms with Crippen LogP contribution in [-0.2, 0) is 4.79 Å². The predicted molar refractivity (Wildman–Crippen MR) is 73.3 cm³/mol. The first-order chi connectivity index (χ1) is 9.67. The van der Waals surface area contributed by atoms with Crippen LogP contribution in [0.2, 0.25) is 0 Å². The quantitative estimate of drug-likeness (QED) is 0.903. The largest absolute Gasteiger partial charge is 0.457 e. The van der Waals surface area contributed by atoms with Gasteiger partial charge in [0.1, 0.15) is 23.4 Å². The van der Waals surface area contributed by atoms with Gasteiger partial charge in [0.15, 0.2) is 0 Å². The van der Waals surface area contributed by atoms with Gasteiger partial charge >= 0.3 is 0 Å². The van der Waals surface area contributed by atoms with Gasteiger partial charge in [-0.2, -0.15) is 0 Å². The van der Waals surface area contributed by atoms with Crippen LogP contribution in [0.4, 0.5) is 10.1 Å². The Kier molecular flexibility index (Phi) is 3.12. The van der Waals surface area contributed by atoms with Crippen LogP contribution in [0.1, 0.15) is 11.6 Å². The van der Waals surface area contributed by atoms with Crippen LogP contribution < -0.4 is 15.4 Å².